The fraction of sp³-hybridized carbons (Fsp3) is 0.583. The minimum absolute atomic E-state index is 0.0672. The van der Waals surface area contributed by atoms with Crippen LogP contribution in [0, 0.1) is 23.7 Å². The van der Waals surface area contributed by atoms with E-state index in [9.17, 15) is 9.59 Å². The van der Waals surface area contributed by atoms with Gasteiger partial charge in [-0.05, 0) is 49.5 Å². The van der Waals surface area contributed by atoms with E-state index in [0.29, 0.717) is 24.8 Å². The summed E-state index contributed by atoms with van der Waals surface area (Å²) in [5, 5.41) is 0. The second kappa shape index (κ2) is 9.47. The summed E-state index contributed by atoms with van der Waals surface area (Å²) in [4.78, 5) is 34.1. The molecule has 5 heteroatoms. The van der Waals surface area contributed by atoms with E-state index in [4.69, 9.17) is 5.73 Å². The van der Waals surface area contributed by atoms with E-state index in [1.54, 1.807) is 12.4 Å². The van der Waals surface area contributed by atoms with Crippen molar-refractivity contribution >= 4 is 24.1 Å². The molecule has 1 aromatic carbocycles. The Morgan fingerprint density at radius 2 is 1.83 bits per heavy atom. The zero-order chi connectivity index (χ0) is 21.0. The van der Waals surface area contributed by atoms with Crippen LogP contribution in [0.15, 0.2) is 34.3 Å². The summed E-state index contributed by atoms with van der Waals surface area (Å²) < 4.78 is 0. The second-order valence-corrected chi connectivity index (χ2v) is 8.90. The number of ketones is 1. The Labute approximate surface area is 173 Å². The summed E-state index contributed by atoms with van der Waals surface area (Å²) in [6.45, 7) is 7.09. The molecule has 0 aromatic heterocycles. The van der Waals surface area contributed by atoms with Gasteiger partial charge in [-0.25, -0.2) is 0 Å². The maximum absolute atomic E-state index is 13.4. The van der Waals surface area contributed by atoms with Gasteiger partial charge in [0.25, 0.3) is 0 Å². The van der Waals surface area contributed by atoms with Gasteiger partial charge in [0.2, 0.25) is 5.91 Å². The van der Waals surface area contributed by atoms with Crippen molar-refractivity contribution < 1.29 is 9.59 Å². The van der Waals surface area contributed by atoms with Crippen molar-refractivity contribution in [3.05, 3.63) is 35.4 Å². The van der Waals surface area contributed by atoms with Crippen molar-refractivity contribution in [2.75, 3.05) is 6.54 Å². The molecule has 0 saturated heterocycles. The van der Waals surface area contributed by atoms with Gasteiger partial charge in [-0.15, -0.1) is 0 Å². The minimum Gasteiger partial charge on any atom is -0.369 e. The first kappa shape index (κ1) is 21.4. The third-order valence-electron chi connectivity index (χ3n) is 6.95. The number of carbonyl (C=O) groups is 2. The Balaban J connectivity index is 1.81. The number of Topliss-reactive ketones (excluding diaryl/α,β-unsaturated/α-hetero) is 1. The highest BCUT2D eigenvalue weighted by molar-refractivity contribution is 6.16. The molecule has 5 nitrogen and oxygen atoms in total. The van der Waals surface area contributed by atoms with Crippen LogP contribution in [0.2, 0.25) is 0 Å². The van der Waals surface area contributed by atoms with Crippen LogP contribution in [-0.4, -0.2) is 36.7 Å². The molecular weight excluding hydrogens is 362 g/mol. The van der Waals surface area contributed by atoms with Crippen LogP contribution >= 0.6 is 0 Å². The quantitative estimate of drug-likeness (QED) is 0.602. The Kier molecular flexibility index (Phi) is 6.99. The first-order valence-electron chi connectivity index (χ1n) is 10.8. The lowest BCUT2D eigenvalue weighted by atomic mass is 9.77. The minimum atomic E-state index is -0.204. The Hall–Kier alpha value is -2.30. The van der Waals surface area contributed by atoms with Crippen LogP contribution < -0.4 is 5.73 Å². The molecule has 0 spiro atoms. The topological polar surface area (TPSA) is 84.9 Å². The zero-order valence-corrected chi connectivity index (χ0v) is 17.8. The second-order valence-electron chi connectivity index (χ2n) is 8.90. The number of rotatable bonds is 5. The van der Waals surface area contributed by atoms with Crippen molar-refractivity contribution in [2.45, 2.75) is 58.4 Å². The number of nitrogens with zero attached hydrogens (tertiary/aromatic N) is 2. The van der Waals surface area contributed by atoms with Gasteiger partial charge in [0, 0.05) is 42.8 Å². The predicted octanol–water partition coefficient (Wildman–Crippen LogP) is 4.06. The third-order valence-corrected chi connectivity index (χ3v) is 6.95. The lowest BCUT2D eigenvalue weighted by molar-refractivity contribution is -0.122. The highest BCUT2D eigenvalue weighted by Crippen LogP contribution is 2.39. The number of primary amides is 1. The number of carbonyl (C=O) groups excluding carboxylic acids is 2. The maximum Gasteiger partial charge on any atom is 0.220 e. The van der Waals surface area contributed by atoms with Crippen molar-refractivity contribution in [3.8, 4) is 0 Å². The van der Waals surface area contributed by atoms with E-state index in [1.165, 1.54) is 0 Å². The SMILES string of the molecule is CC1CCC(C(N)=O)CC(C)C1CC(=O)c1ccccc1C1CN=CC=NC1C. The first-order chi connectivity index (χ1) is 13.9. The molecule has 1 aliphatic carbocycles. The Morgan fingerprint density at radius 1 is 1.07 bits per heavy atom. The summed E-state index contributed by atoms with van der Waals surface area (Å²) in [5.41, 5.74) is 7.43. The van der Waals surface area contributed by atoms with Crippen LogP contribution in [0.3, 0.4) is 0 Å². The van der Waals surface area contributed by atoms with Crippen molar-refractivity contribution in [1.29, 1.82) is 0 Å². The average molecular weight is 396 g/mol. The van der Waals surface area contributed by atoms with Gasteiger partial charge in [0.15, 0.2) is 5.78 Å². The van der Waals surface area contributed by atoms with Gasteiger partial charge >= 0.3 is 0 Å². The lowest BCUT2D eigenvalue weighted by Crippen LogP contribution is -2.26. The highest BCUT2D eigenvalue weighted by Gasteiger charge is 2.34. The van der Waals surface area contributed by atoms with E-state index in [2.05, 4.69) is 30.8 Å². The van der Waals surface area contributed by atoms with Gasteiger partial charge < -0.3 is 5.73 Å². The molecule has 1 aliphatic heterocycles. The maximum atomic E-state index is 13.4. The van der Waals surface area contributed by atoms with E-state index < -0.39 is 0 Å². The Bertz CT molecular complexity index is 801. The molecule has 2 aliphatic rings. The van der Waals surface area contributed by atoms with Crippen molar-refractivity contribution in [2.24, 2.45) is 39.4 Å². The number of aliphatic imine (C=N–C) groups is 2. The fourth-order valence-electron chi connectivity index (χ4n) is 5.05. The molecular formula is C24H33N3O2. The van der Waals surface area contributed by atoms with Gasteiger partial charge in [0.1, 0.15) is 0 Å². The van der Waals surface area contributed by atoms with Crippen LogP contribution in [0.4, 0.5) is 0 Å². The van der Waals surface area contributed by atoms with Crippen LogP contribution in [-0.2, 0) is 4.79 Å². The molecule has 2 N–H and O–H groups in total. The van der Waals surface area contributed by atoms with Gasteiger partial charge in [0.05, 0.1) is 6.04 Å². The van der Waals surface area contributed by atoms with E-state index in [1.807, 2.05) is 24.3 Å². The largest absolute Gasteiger partial charge is 0.369 e. The normalized spacial score (nSPS) is 32.4. The molecule has 3 rings (SSSR count). The van der Waals surface area contributed by atoms with Crippen LogP contribution in [0.5, 0.6) is 0 Å². The molecule has 0 radical (unpaired) electrons. The van der Waals surface area contributed by atoms with Gasteiger partial charge in [-0.2, -0.15) is 0 Å². The first-order valence-corrected chi connectivity index (χ1v) is 10.8. The van der Waals surface area contributed by atoms with Crippen LogP contribution in [0.1, 0.15) is 68.3 Å². The molecule has 1 heterocycles. The predicted molar refractivity (Wildman–Crippen MR) is 118 cm³/mol. The number of hydrogen-bond acceptors (Lipinski definition) is 4. The van der Waals surface area contributed by atoms with Crippen molar-refractivity contribution in [3.63, 3.8) is 0 Å². The lowest BCUT2D eigenvalue weighted by Gasteiger charge is -2.28. The number of nitrogens with two attached hydrogens (primary N) is 1. The van der Waals surface area contributed by atoms with Gasteiger partial charge in [-0.3, -0.25) is 19.6 Å². The zero-order valence-electron chi connectivity index (χ0n) is 17.8. The monoisotopic (exact) mass is 395 g/mol. The Morgan fingerprint density at radius 3 is 2.59 bits per heavy atom. The highest BCUT2D eigenvalue weighted by atomic mass is 16.1. The van der Waals surface area contributed by atoms with E-state index >= 15 is 0 Å². The summed E-state index contributed by atoms with van der Waals surface area (Å²) >= 11 is 0. The fourth-order valence-corrected chi connectivity index (χ4v) is 5.05. The number of hydrogen-bond donors (Lipinski definition) is 1. The smallest absolute Gasteiger partial charge is 0.220 e. The average Bonchev–Trinajstić information content (AvgIpc) is 2.99. The molecule has 0 bridgehead atoms. The molecule has 6 atom stereocenters. The third kappa shape index (κ3) is 5.01. The summed E-state index contributed by atoms with van der Waals surface area (Å²) in [5.74, 6) is 0.984. The standard InChI is InChI=1S/C24H33N3O2/c1-15-8-9-18(24(25)29)12-16(2)21(15)13-23(28)20-7-5-4-6-19(20)22-14-26-10-11-27-17(22)3/h4-7,10-11,15-18,21-22H,8-9,12-14H2,1-3H3,(H2,25,29). The molecule has 156 valence electrons. The molecule has 29 heavy (non-hydrogen) atoms. The van der Waals surface area contributed by atoms with Crippen molar-refractivity contribution in [1.82, 2.24) is 0 Å². The summed E-state index contributed by atoms with van der Waals surface area (Å²) in [6, 6.07) is 8.01. The summed E-state index contributed by atoms with van der Waals surface area (Å²) in [6.07, 6.45) is 6.56. The number of amides is 1. The number of benzene rings is 1. The summed E-state index contributed by atoms with van der Waals surface area (Å²) in [7, 11) is 0. The van der Waals surface area contributed by atoms with Gasteiger partial charge in [-0.1, -0.05) is 38.1 Å². The van der Waals surface area contributed by atoms with E-state index in [-0.39, 0.29) is 35.5 Å². The molecule has 1 amide bonds. The molecule has 1 fully saturated rings. The molecule has 1 saturated carbocycles. The molecule has 1 aromatic rings. The van der Waals surface area contributed by atoms with Crippen LogP contribution in [0.25, 0.3) is 0 Å². The van der Waals surface area contributed by atoms with E-state index in [0.717, 1.165) is 30.4 Å². The molecule has 6 unspecified atom stereocenters.